The third-order valence-corrected chi connectivity index (χ3v) is 4.49. The number of nitrogens with zero attached hydrogens (tertiary/aromatic N) is 1. The fraction of sp³-hybridized carbons (Fsp3) is 0.273. The van der Waals surface area contributed by atoms with E-state index in [1.54, 1.807) is 0 Å². The normalized spacial score (nSPS) is 17.7. The van der Waals surface area contributed by atoms with Gasteiger partial charge in [-0.2, -0.15) is 0 Å². The van der Waals surface area contributed by atoms with Crippen molar-refractivity contribution in [2.24, 2.45) is 11.3 Å². The molecule has 0 amide bonds. The van der Waals surface area contributed by atoms with Crippen molar-refractivity contribution in [2.45, 2.75) is 27.2 Å². The van der Waals surface area contributed by atoms with E-state index in [-0.39, 0.29) is 5.41 Å². The minimum Gasteiger partial charge on any atom is -0.314 e. The molecule has 1 nitrogen and oxygen atoms in total. The van der Waals surface area contributed by atoms with E-state index < -0.39 is 0 Å². The second-order valence-electron chi connectivity index (χ2n) is 7.23. The van der Waals surface area contributed by atoms with E-state index in [0.717, 1.165) is 6.42 Å². The molecule has 0 saturated carbocycles. The maximum Gasteiger partial charge on any atom is 0.0458 e. The van der Waals surface area contributed by atoms with Crippen LogP contribution in [0.25, 0.3) is 0 Å². The predicted octanol–water partition coefficient (Wildman–Crippen LogP) is 6.33. The van der Waals surface area contributed by atoms with Crippen LogP contribution in [-0.4, -0.2) is 0 Å². The molecule has 0 aliphatic heterocycles. The molecule has 2 aromatic carbocycles. The monoisotopic (exact) mass is 303 g/mol. The molecule has 0 radical (unpaired) electrons. The lowest BCUT2D eigenvalue weighted by molar-refractivity contribution is 0.288. The van der Waals surface area contributed by atoms with Gasteiger partial charge in [-0.1, -0.05) is 69.3 Å². The lowest BCUT2D eigenvalue weighted by atomic mass is 9.76. The van der Waals surface area contributed by atoms with Gasteiger partial charge in [0.25, 0.3) is 0 Å². The molecule has 0 heterocycles. The topological polar surface area (TPSA) is 3.24 Å². The van der Waals surface area contributed by atoms with Crippen molar-refractivity contribution in [3.8, 4) is 0 Å². The number of hydrogen-bond donors (Lipinski definition) is 0. The molecule has 0 N–H and O–H groups in total. The van der Waals surface area contributed by atoms with E-state index in [1.165, 1.54) is 17.1 Å². The van der Waals surface area contributed by atoms with Crippen molar-refractivity contribution >= 4 is 11.4 Å². The standard InChI is InChI=1S/C22H25N/c1-22(2,3)18-11-10-16-21(17-18)23(19-12-6-4-7-13-19)20-14-8-5-9-15-20/h4-16,18H,17H2,1-3H3. The summed E-state index contributed by atoms with van der Waals surface area (Å²) in [4.78, 5) is 2.38. The first-order chi connectivity index (χ1) is 11.1. The summed E-state index contributed by atoms with van der Waals surface area (Å²) in [7, 11) is 0. The average molecular weight is 303 g/mol. The fourth-order valence-electron chi connectivity index (χ4n) is 3.06. The lowest BCUT2D eigenvalue weighted by Gasteiger charge is -2.35. The molecule has 0 bridgehead atoms. The largest absolute Gasteiger partial charge is 0.314 e. The number of para-hydroxylation sites is 2. The van der Waals surface area contributed by atoms with E-state index in [2.05, 4.69) is 105 Å². The SMILES string of the molecule is CC(C)(C)C1C=CC=C(N(c2ccccc2)c2ccccc2)C1. The van der Waals surface area contributed by atoms with Gasteiger partial charge in [-0.25, -0.2) is 0 Å². The summed E-state index contributed by atoms with van der Waals surface area (Å²) < 4.78 is 0. The minimum absolute atomic E-state index is 0.273. The number of rotatable bonds is 3. The molecule has 1 unspecified atom stereocenters. The van der Waals surface area contributed by atoms with Gasteiger partial charge in [-0.05, 0) is 48.1 Å². The van der Waals surface area contributed by atoms with Crippen LogP contribution < -0.4 is 4.90 Å². The fourth-order valence-corrected chi connectivity index (χ4v) is 3.06. The Kier molecular flexibility index (Phi) is 4.38. The molecule has 0 fully saturated rings. The molecular weight excluding hydrogens is 278 g/mol. The first-order valence-corrected chi connectivity index (χ1v) is 8.33. The van der Waals surface area contributed by atoms with Crippen LogP contribution in [-0.2, 0) is 0 Å². The van der Waals surface area contributed by atoms with Gasteiger partial charge >= 0.3 is 0 Å². The van der Waals surface area contributed by atoms with E-state index in [4.69, 9.17) is 0 Å². The van der Waals surface area contributed by atoms with Gasteiger partial charge in [0.2, 0.25) is 0 Å². The van der Waals surface area contributed by atoms with E-state index in [1.807, 2.05) is 0 Å². The number of benzene rings is 2. The Hall–Kier alpha value is -2.28. The second-order valence-corrected chi connectivity index (χ2v) is 7.23. The third kappa shape index (κ3) is 3.56. The van der Waals surface area contributed by atoms with Gasteiger partial charge in [0.05, 0.1) is 0 Å². The Labute approximate surface area is 140 Å². The average Bonchev–Trinajstić information content (AvgIpc) is 2.57. The van der Waals surface area contributed by atoms with Crippen LogP contribution >= 0.6 is 0 Å². The molecule has 0 spiro atoms. The van der Waals surface area contributed by atoms with Crippen LogP contribution in [0.3, 0.4) is 0 Å². The highest BCUT2D eigenvalue weighted by molar-refractivity contribution is 5.68. The summed E-state index contributed by atoms with van der Waals surface area (Å²) >= 11 is 0. The Bertz CT molecular complexity index is 650. The molecule has 1 atom stereocenters. The minimum atomic E-state index is 0.273. The zero-order valence-corrected chi connectivity index (χ0v) is 14.2. The Balaban J connectivity index is 2.00. The van der Waals surface area contributed by atoms with Crippen molar-refractivity contribution in [2.75, 3.05) is 4.90 Å². The molecule has 23 heavy (non-hydrogen) atoms. The van der Waals surface area contributed by atoms with Gasteiger partial charge in [-0.3, -0.25) is 0 Å². The summed E-state index contributed by atoms with van der Waals surface area (Å²) in [5, 5.41) is 0. The van der Waals surface area contributed by atoms with E-state index in [0.29, 0.717) is 5.92 Å². The van der Waals surface area contributed by atoms with Crippen LogP contribution in [0.4, 0.5) is 11.4 Å². The zero-order valence-electron chi connectivity index (χ0n) is 14.2. The first kappa shape index (κ1) is 15.6. The second kappa shape index (κ2) is 6.45. The molecule has 2 aromatic rings. The van der Waals surface area contributed by atoms with Crippen LogP contribution in [0.15, 0.2) is 84.6 Å². The highest BCUT2D eigenvalue weighted by atomic mass is 15.1. The molecule has 118 valence electrons. The van der Waals surface area contributed by atoms with Gasteiger partial charge in [0.1, 0.15) is 0 Å². The Morgan fingerprint density at radius 3 is 1.83 bits per heavy atom. The molecular formula is C22H25N. The lowest BCUT2D eigenvalue weighted by Crippen LogP contribution is -2.26. The third-order valence-electron chi connectivity index (χ3n) is 4.49. The number of anilines is 2. The van der Waals surface area contributed by atoms with Crippen LogP contribution in [0.1, 0.15) is 27.2 Å². The quantitative estimate of drug-likeness (QED) is 0.640. The Morgan fingerprint density at radius 2 is 1.35 bits per heavy atom. The van der Waals surface area contributed by atoms with Gasteiger partial charge < -0.3 is 4.90 Å². The van der Waals surface area contributed by atoms with Crippen molar-refractivity contribution in [3.05, 3.63) is 84.6 Å². The molecule has 1 aliphatic rings. The molecule has 1 heteroatoms. The van der Waals surface area contributed by atoms with Crippen molar-refractivity contribution in [3.63, 3.8) is 0 Å². The van der Waals surface area contributed by atoms with Gasteiger partial charge in [-0.15, -0.1) is 0 Å². The summed E-state index contributed by atoms with van der Waals surface area (Å²) in [6.07, 6.45) is 7.87. The summed E-state index contributed by atoms with van der Waals surface area (Å²) in [5.74, 6) is 0.553. The zero-order chi connectivity index (χ0) is 16.3. The molecule has 3 rings (SSSR count). The van der Waals surface area contributed by atoms with Crippen molar-refractivity contribution in [1.82, 2.24) is 0 Å². The van der Waals surface area contributed by atoms with Crippen LogP contribution in [0, 0.1) is 11.3 Å². The van der Waals surface area contributed by atoms with Gasteiger partial charge in [0, 0.05) is 17.1 Å². The number of hydrogen-bond acceptors (Lipinski definition) is 1. The molecule has 0 saturated heterocycles. The molecule has 0 aromatic heterocycles. The van der Waals surface area contributed by atoms with Crippen molar-refractivity contribution in [1.29, 1.82) is 0 Å². The smallest absolute Gasteiger partial charge is 0.0458 e. The maximum atomic E-state index is 2.38. The van der Waals surface area contributed by atoms with Crippen LogP contribution in [0.5, 0.6) is 0 Å². The van der Waals surface area contributed by atoms with Crippen molar-refractivity contribution < 1.29 is 0 Å². The summed E-state index contributed by atoms with van der Waals surface area (Å²) in [6, 6.07) is 21.3. The van der Waals surface area contributed by atoms with E-state index in [9.17, 15) is 0 Å². The summed E-state index contributed by atoms with van der Waals surface area (Å²) in [6.45, 7) is 6.96. The predicted molar refractivity (Wildman–Crippen MR) is 99.8 cm³/mol. The van der Waals surface area contributed by atoms with Gasteiger partial charge in [0.15, 0.2) is 0 Å². The Morgan fingerprint density at radius 1 is 0.826 bits per heavy atom. The highest BCUT2D eigenvalue weighted by Crippen LogP contribution is 2.39. The molecule has 1 aliphatic carbocycles. The van der Waals surface area contributed by atoms with Crippen LogP contribution in [0.2, 0.25) is 0 Å². The number of allylic oxidation sites excluding steroid dienone is 4. The van der Waals surface area contributed by atoms with E-state index >= 15 is 0 Å². The maximum absolute atomic E-state index is 2.38. The summed E-state index contributed by atoms with van der Waals surface area (Å²) in [5.41, 5.74) is 4.06. The highest BCUT2D eigenvalue weighted by Gasteiger charge is 2.27. The first-order valence-electron chi connectivity index (χ1n) is 8.33.